The van der Waals surface area contributed by atoms with Gasteiger partial charge in [0.1, 0.15) is 6.54 Å². The van der Waals surface area contributed by atoms with Gasteiger partial charge in [-0.15, -0.1) is 5.10 Å². The quantitative estimate of drug-likeness (QED) is 0.733. The molecule has 1 heterocycles. The number of likely N-dealkylation sites (N-methyl/N-ethyl adjacent to an activating group) is 1. The van der Waals surface area contributed by atoms with E-state index in [2.05, 4.69) is 10.3 Å². The van der Waals surface area contributed by atoms with Gasteiger partial charge in [0.2, 0.25) is 5.91 Å². The van der Waals surface area contributed by atoms with Crippen LogP contribution in [0.15, 0.2) is 6.20 Å². The lowest BCUT2D eigenvalue weighted by atomic mass is 10.4. The van der Waals surface area contributed by atoms with Gasteiger partial charge in [-0.05, 0) is 6.26 Å². The Kier molecular flexibility index (Phi) is 5.27. The van der Waals surface area contributed by atoms with E-state index in [0.29, 0.717) is 12.2 Å². The van der Waals surface area contributed by atoms with Crippen molar-refractivity contribution in [2.24, 2.45) is 5.73 Å². The third-order valence-electron chi connectivity index (χ3n) is 2.15. The summed E-state index contributed by atoms with van der Waals surface area (Å²) in [5, 5.41) is 7.65. The maximum atomic E-state index is 11.7. The summed E-state index contributed by atoms with van der Waals surface area (Å²) in [6.45, 7) is 1.31. The molecule has 0 unspecified atom stereocenters. The Balaban J connectivity index is 2.44. The van der Waals surface area contributed by atoms with Crippen LogP contribution >= 0.6 is 11.8 Å². The second-order valence-electron chi connectivity index (χ2n) is 3.42. The van der Waals surface area contributed by atoms with Gasteiger partial charge >= 0.3 is 0 Å². The van der Waals surface area contributed by atoms with E-state index in [4.69, 9.17) is 5.73 Å². The molecule has 2 N–H and O–H groups in total. The summed E-state index contributed by atoms with van der Waals surface area (Å²) in [7, 11) is 1.79. The first-order valence-corrected chi connectivity index (χ1v) is 6.38. The molecule has 0 aliphatic heterocycles. The number of nitrogens with two attached hydrogens (primary N) is 1. The topological polar surface area (TPSA) is 77.0 Å². The molecule has 0 aromatic carbocycles. The minimum Gasteiger partial charge on any atom is -0.343 e. The Morgan fingerprint density at radius 3 is 3.00 bits per heavy atom. The lowest BCUT2D eigenvalue weighted by Gasteiger charge is -2.15. The van der Waals surface area contributed by atoms with Crippen molar-refractivity contribution in [2.75, 3.05) is 25.6 Å². The van der Waals surface area contributed by atoms with Crippen LogP contribution in [0.25, 0.3) is 0 Å². The Bertz CT molecular complexity index is 340. The first-order chi connectivity index (χ1) is 7.67. The molecular formula is C9H17N5OS. The summed E-state index contributed by atoms with van der Waals surface area (Å²) in [4.78, 5) is 13.4. The molecule has 7 heteroatoms. The van der Waals surface area contributed by atoms with E-state index in [1.165, 1.54) is 4.68 Å². The molecule has 16 heavy (non-hydrogen) atoms. The van der Waals surface area contributed by atoms with Crippen LogP contribution in [0.1, 0.15) is 5.69 Å². The molecule has 1 amide bonds. The van der Waals surface area contributed by atoms with E-state index in [0.717, 1.165) is 12.3 Å². The smallest absolute Gasteiger partial charge is 0.244 e. The average molecular weight is 243 g/mol. The molecule has 0 aliphatic rings. The van der Waals surface area contributed by atoms with Gasteiger partial charge in [0, 0.05) is 25.9 Å². The molecule has 0 spiro atoms. The summed E-state index contributed by atoms with van der Waals surface area (Å²) in [5.41, 5.74) is 6.10. The Hall–Kier alpha value is -1.08. The predicted molar refractivity (Wildman–Crippen MR) is 63.9 cm³/mol. The minimum absolute atomic E-state index is 0.0301. The standard InChI is InChI=1S/C9H17N5OS/c1-13(3-4-16-2)9(15)7-14-6-8(5-10)11-12-14/h6H,3-5,7,10H2,1-2H3. The fourth-order valence-corrected chi connectivity index (χ4v) is 1.58. The van der Waals surface area contributed by atoms with Gasteiger partial charge < -0.3 is 10.6 Å². The van der Waals surface area contributed by atoms with Crippen molar-refractivity contribution in [3.05, 3.63) is 11.9 Å². The lowest BCUT2D eigenvalue weighted by molar-refractivity contribution is -0.130. The van der Waals surface area contributed by atoms with Crippen molar-refractivity contribution in [2.45, 2.75) is 13.1 Å². The molecule has 0 aliphatic carbocycles. The Morgan fingerprint density at radius 2 is 2.44 bits per heavy atom. The van der Waals surface area contributed by atoms with Crippen molar-refractivity contribution >= 4 is 17.7 Å². The normalized spacial score (nSPS) is 10.4. The molecular weight excluding hydrogens is 226 g/mol. The zero-order valence-corrected chi connectivity index (χ0v) is 10.4. The molecule has 0 saturated heterocycles. The summed E-state index contributed by atoms with van der Waals surface area (Å²) in [6.07, 6.45) is 3.71. The van der Waals surface area contributed by atoms with Gasteiger partial charge in [-0.3, -0.25) is 4.79 Å². The van der Waals surface area contributed by atoms with Crippen molar-refractivity contribution in [3.63, 3.8) is 0 Å². The van der Waals surface area contributed by atoms with Gasteiger partial charge in [-0.2, -0.15) is 11.8 Å². The van der Waals surface area contributed by atoms with E-state index in [-0.39, 0.29) is 12.5 Å². The minimum atomic E-state index is 0.0301. The fraction of sp³-hybridized carbons (Fsp3) is 0.667. The van der Waals surface area contributed by atoms with Crippen LogP contribution in [0.4, 0.5) is 0 Å². The maximum Gasteiger partial charge on any atom is 0.244 e. The number of carbonyl (C=O) groups excluding carboxylic acids is 1. The molecule has 6 nitrogen and oxygen atoms in total. The second-order valence-corrected chi connectivity index (χ2v) is 4.41. The van der Waals surface area contributed by atoms with Crippen LogP contribution in [0.3, 0.4) is 0 Å². The van der Waals surface area contributed by atoms with E-state index in [9.17, 15) is 4.79 Å². The third-order valence-corrected chi connectivity index (χ3v) is 2.74. The van der Waals surface area contributed by atoms with Gasteiger partial charge in [0.15, 0.2) is 0 Å². The van der Waals surface area contributed by atoms with Crippen LogP contribution in [0, 0.1) is 0 Å². The SMILES string of the molecule is CSCCN(C)C(=O)Cn1cc(CN)nn1. The summed E-state index contributed by atoms with van der Waals surface area (Å²) >= 11 is 1.72. The van der Waals surface area contributed by atoms with Gasteiger partial charge in [0.25, 0.3) is 0 Å². The number of aromatic nitrogens is 3. The highest BCUT2D eigenvalue weighted by atomic mass is 32.2. The molecule has 0 atom stereocenters. The van der Waals surface area contributed by atoms with Crippen LogP contribution in [0.2, 0.25) is 0 Å². The number of nitrogens with zero attached hydrogens (tertiary/aromatic N) is 4. The number of amides is 1. The summed E-state index contributed by atoms with van der Waals surface area (Å²) in [6, 6.07) is 0. The van der Waals surface area contributed by atoms with Crippen LogP contribution in [-0.2, 0) is 17.9 Å². The van der Waals surface area contributed by atoms with Crippen LogP contribution < -0.4 is 5.73 Å². The number of hydrogen-bond acceptors (Lipinski definition) is 5. The summed E-state index contributed by atoms with van der Waals surface area (Å²) < 4.78 is 1.51. The largest absolute Gasteiger partial charge is 0.343 e. The van der Waals surface area contributed by atoms with Crippen molar-refractivity contribution < 1.29 is 4.79 Å². The lowest BCUT2D eigenvalue weighted by Crippen LogP contribution is -2.32. The molecule has 0 radical (unpaired) electrons. The molecule has 0 bridgehead atoms. The summed E-state index contributed by atoms with van der Waals surface area (Å²) in [5.74, 6) is 0.968. The first kappa shape index (κ1) is 13.0. The van der Waals surface area contributed by atoms with Gasteiger partial charge in [-0.1, -0.05) is 5.21 Å². The maximum absolute atomic E-state index is 11.7. The highest BCUT2D eigenvalue weighted by molar-refractivity contribution is 7.98. The first-order valence-electron chi connectivity index (χ1n) is 4.99. The molecule has 1 aromatic heterocycles. The van der Waals surface area contributed by atoms with E-state index >= 15 is 0 Å². The van der Waals surface area contributed by atoms with E-state index in [1.54, 1.807) is 29.9 Å². The van der Waals surface area contributed by atoms with E-state index < -0.39 is 0 Å². The van der Waals surface area contributed by atoms with Crippen LogP contribution in [0.5, 0.6) is 0 Å². The van der Waals surface area contributed by atoms with E-state index in [1.807, 2.05) is 6.26 Å². The molecule has 0 fully saturated rings. The molecule has 90 valence electrons. The highest BCUT2D eigenvalue weighted by Gasteiger charge is 2.10. The molecule has 1 rings (SSSR count). The number of carbonyl (C=O) groups is 1. The zero-order valence-electron chi connectivity index (χ0n) is 9.59. The zero-order chi connectivity index (χ0) is 12.0. The second kappa shape index (κ2) is 6.49. The van der Waals surface area contributed by atoms with Gasteiger partial charge in [-0.25, -0.2) is 4.68 Å². The third kappa shape index (κ3) is 3.82. The fourth-order valence-electron chi connectivity index (χ4n) is 1.12. The van der Waals surface area contributed by atoms with Crippen molar-refractivity contribution in [1.82, 2.24) is 19.9 Å². The molecule has 1 aromatic rings. The number of thioether (sulfide) groups is 1. The average Bonchev–Trinajstić information content (AvgIpc) is 2.73. The Morgan fingerprint density at radius 1 is 1.69 bits per heavy atom. The number of rotatable bonds is 6. The molecule has 0 saturated carbocycles. The Labute approximate surface area is 99.2 Å². The monoisotopic (exact) mass is 243 g/mol. The van der Waals surface area contributed by atoms with Crippen molar-refractivity contribution in [1.29, 1.82) is 0 Å². The number of hydrogen-bond donors (Lipinski definition) is 1. The van der Waals surface area contributed by atoms with Gasteiger partial charge in [0.05, 0.1) is 11.9 Å². The van der Waals surface area contributed by atoms with Crippen LogP contribution in [-0.4, -0.2) is 51.4 Å². The predicted octanol–water partition coefficient (Wildman–Crippen LogP) is -0.442. The highest BCUT2D eigenvalue weighted by Crippen LogP contribution is 1.96. The van der Waals surface area contributed by atoms with Crippen molar-refractivity contribution in [3.8, 4) is 0 Å².